The fourth-order valence-electron chi connectivity index (χ4n) is 1.59. The summed E-state index contributed by atoms with van der Waals surface area (Å²) in [7, 11) is 0. The Hall–Kier alpha value is -1.90. The first kappa shape index (κ1) is 13.1. The van der Waals surface area contributed by atoms with Crippen LogP contribution < -0.4 is 11.1 Å². The molecule has 0 spiro atoms. The van der Waals surface area contributed by atoms with Crippen LogP contribution in [-0.2, 0) is 0 Å². The van der Waals surface area contributed by atoms with Gasteiger partial charge < -0.3 is 11.1 Å². The molecule has 6 nitrogen and oxygen atoms in total. The molecule has 2 aromatic heterocycles. The molecule has 20 heavy (non-hydrogen) atoms. The summed E-state index contributed by atoms with van der Waals surface area (Å²) >= 11 is 12.1. The maximum absolute atomic E-state index is 6.18. The zero-order valence-corrected chi connectivity index (χ0v) is 12.3. The third kappa shape index (κ3) is 2.40. The number of nitrogens with two attached hydrogens (primary N) is 1. The van der Waals surface area contributed by atoms with E-state index in [-0.39, 0.29) is 4.99 Å². The van der Waals surface area contributed by atoms with Gasteiger partial charge in [0.1, 0.15) is 27.5 Å². The number of aromatic nitrogens is 4. The number of hydrogen-bond donors (Lipinski definition) is 2. The maximum Gasteiger partial charge on any atom is 0.149 e. The van der Waals surface area contributed by atoms with Gasteiger partial charge in [-0.2, -0.15) is 8.75 Å². The molecule has 0 saturated carbocycles. The molecule has 1 aromatic carbocycles. The second-order valence-electron chi connectivity index (χ2n) is 3.83. The molecule has 9 heteroatoms. The van der Waals surface area contributed by atoms with Crippen molar-refractivity contribution in [2.24, 2.45) is 5.73 Å². The maximum atomic E-state index is 6.18. The van der Waals surface area contributed by atoms with Gasteiger partial charge in [-0.15, -0.1) is 0 Å². The van der Waals surface area contributed by atoms with Crippen molar-refractivity contribution in [1.29, 1.82) is 0 Å². The van der Waals surface area contributed by atoms with Crippen LogP contribution >= 0.6 is 35.5 Å². The molecule has 3 rings (SSSR count). The molecule has 100 valence electrons. The number of hydrogen-bond acceptors (Lipinski definition) is 7. The first-order valence-electron chi connectivity index (χ1n) is 5.45. The van der Waals surface area contributed by atoms with Crippen LogP contribution in [0.4, 0.5) is 11.5 Å². The number of benzene rings is 1. The lowest BCUT2D eigenvalue weighted by atomic mass is 10.2. The Morgan fingerprint density at radius 2 is 2.10 bits per heavy atom. The summed E-state index contributed by atoms with van der Waals surface area (Å²) in [5, 5.41) is 3.61. The summed E-state index contributed by atoms with van der Waals surface area (Å²) in [4.78, 5) is 8.49. The lowest BCUT2D eigenvalue weighted by molar-refractivity contribution is 1.18. The molecule has 0 radical (unpaired) electrons. The number of rotatable bonds is 3. The Labute approximate surface area is 128 Å². The van der Waals surface area contributed by atoms with Crippen LogP contribution in [0.25, 0.3) is 11.0 Å². The summed E-state index contributed by atoms with van der Waals surface area (Å²) < 4.78 is 8.38. The van der Waals surface area contributed by atoms with Crippen LogP contribution in [0.5, 0.6) is 0 Å². The van der Waals surface area contributed by atoms with Crippen LogP contribution in [0, 0.1) is 0 Å². The fourth-order valence-corrected chi connectivity index (χ4v) is 2.44. The number of nitrogens with zero attached hydrogens (tertiary/aromatic N) is 4. The lowest BCUT2D eigenvalue weighted by Gasteiger charge is -2.08. The SMILES string of the molecule is NC(=S)c1cnc(Nc2c(Cl)ccc3nsnc23)cn1. The number of halogens is 1. The molecule has 0 fully saturated rings. The van der Waals surface area contributed by atoms with Gasteiger partial charge in [0, 0.05) is 0 Å². The Balaban J connectivity index is 1.98. The van der Waals surface area contributed by atoms with Crippen molar-refractivity contribution in [2.45, 2.75) is 0 Å². The highest BCUT2D eigenvalue weighted by Gasteiger charge is 2.11. The van der Waals surface area contributed by atoms with Crippen LogP contribution in [0.15, 0.2) is 24.5 Å². The monoisotopic (exact) mass is 322 g/mol. The first-order chi connectivity index (χ1) is 9.65. The highest BCUT2D eigenvalue weighted by atomic mass is 35.5. The zero-order valence-electron chi connectivity index (χ0n) is 9.87. The molecule has 0 aliphatic carbocycles. The van der Waals surface area contributed by atoms with E-state index in [1.165, 1.54) is 12.4 Å². The minimum Gasteiger partial charge on any atom is -0.388 e. The topological polar surface area (TPSA) is 89.6 Å². The highest BCUT2D eigenvalue weighted by molar-refractivity contribution is 7.80. The Morgan fingerprint density at radius 1 is 1.25 bits per heavy atom. The van der Waals surface area contributed by atoms with E-state index in [4.69, 9.17) is 29.6 Å². The van der Waals surface area contributed by atoms with Crippen molar-refractivity contribution in [3.05, 3.63) is 35.2 Å². The zero-order chi connectivity index (χ0) is 14.1. The van der Waals surface area contributed by atoms with Crippen molar-refractivity contribution >= 4 is 63.1 Å². The van der Waals surface area contributed by atoms with Gasteiger partial charge in [0.25, 0.3) is 0 Å². The van der Waals surface area contributed by atoms with Gasteiger partial charge in [0.2, 0.25) is 0 Å². The summed E-state index contributed by atoms with van der Waals surface area (Å²) in [6.45, 7) is 0. The van der Waals surface area contributed by atoms with E-state index < -0.39 is 0 Å². The van der Waals surface area contributed by atoms with Gasteiger partial charge >= 0.3 is 0 Å². The van der Waals surface area contributed by atoms with Crippen molar-refractivity contribution in [3.63, 3.8) is 0 Å². The summed E-state index contributed by atoms with van der Waals surface area (Å²) in [6.07, 6.45) is 3.03. The van der Waals surface area contributed by atoms with Crippen molar-refractivity contribution in [1.82, 2.24) is 18.7 Å². The molecule has 3 N–H and O–H groups in total. The highest BCUT2D eigenvalue weighted by Crippen LogP contribution is 2.31. The summed E-state index contributed by atoms with van der Waals surface area (Å²) in [6, 6.07) is 3.57. The number of anilines is 2. The number of nitrogens with one attached hydrogen (secondary N) is 1. The van der Waals surface area contributed by atoms with E-state index in [0.717, 1.165) is 17.2 Å². The minimum atomic E-state index is 0.202. The van der Waals surface area contributed by atoms with Crippen LogP contribution in [-0.4, -0.2) is 23.7 Å². The van der Waals surface area contributed by atoms with Crippen LogP contribution in [0.1, 0.15) is 5.69 Å². The summed E-state index contributed by atoms with van der Waals surface area (Å²) in [5.41, 5.74) is 8.05. The standard InChI is InChI=1S/C11H7ClN6S2/c12-5-1-2-6-10(18-20-17-6)9(5)16-8-4-14-7(3-15-8)11(13)19/h1-4H,(H2,13,19)(H,15,16). The third-order valence-corrected chi connectivity index (χ3v) is 3.60. The molecule has 0 aliphatic heterocycles. The van der Waals surface area contributed by atoms with E-state index >= 15 is 0 Å². The molecule has 2 heterocycles. The van der Waals surface area contributed by atoms with Crippen molar-refractivity contribution < 1.29 is 0 Å². The average molecular weight is 323 g/mol. The molecule has 0 aliphatic rings. The van der Waals surface area contributed by atoms with Gasteiger partial charge in [-0.1, -0.05) is 23.8 Å². The minimum absolute atomic E-state index is 0.202. The van der Waals surface area contributed by atoms with Gasteiger partial charge in [-0.05, 0) is 12.1 Å². The molecule has 3 aromatic rings. The predicted molar refractivity (Wildman–Crippen MR) is 83.6 cm³/mol. The number of thiocarbonyl (C=S) groups is 1. The van der Waals surface area contributed by atoms with E-state index in [1.807, 2.05) is 6.07 Å². The van der Waals surface area contributed by atoms with Crippen molar-refractivity contribution in [3.8, 4) is 0 Å². The molecule has 0 unspecified atom stereocenters. The van der Waals surface area contributed by atoms with Gasteiger partial charge in [-0.3, -0.25) is 0 Å². The lowest BCUT2D eigenvalue weighted by Crippen LogP contribution is -2.12. The van der Waals surface area contributed by atoms with Gasteiger partial charge in [0.15, 0.2) is 0 Å². The largest absolute Gasteiger partial charge is 0.388 e. The molecule has 0 amide bonds. The Bertz CT molecular complexity index is 785. The molecular weight excluding hydrogens is 316 g/mol. The normalized spacial score (nSPS) is 10.7. The third-order valence-electron chi connectivity index (χ3n) is 2.53. The Kier molecular flexibility index (Phi) is 3.43. The predicted octanol–water partition coefficient (Wildman–Crippen LogP) is 2.51. The summed E-state index contributed by atoms with van der Waals surface area (Å²) in [5.74, 6) is 0.521. The quantitative estimate of drug-likeness (QED) is 0.716. The van der Waals surface area contributed by atoms with E-state index in [2.05, 4.69) is 24.0 Å². The van der Waals surface area contributed by atoms with Crippen LogP contribution in [0.3, 0.4) is 0 Å². The van der Waals surface area contributed by atoms with Crippen molar-refractivity contribution in [2.75, 3.05) is 5.32 Å². The average Bonchev–Trinajstić information content (AvgIpc) is 2.91. The smallest absolute Gasteiger partial charge is 0.149 e. The molecular formula is C11H7ClN6S2. The second kappa shape index (κ2) is 5.23. The molecule has 0 saturated heterocycles. The number of fused-ring (bicyclic) bond motifs is 1. The second-order valence-corrected chi connectivity index (χ2v) is 5.21. The molecule has 0 atom stereocenters. The fraction of sp³-hybridized carbons (Fsp3) is 0. The van der Waals surface area contributed by atoms with Crippen LogP contribution in [0.2, 0.25) is 5.02 Å². The Morgan fingerprint density at radius 3 is 2.80 bits per heavy atom. The van der Waals surface area contributed by atoms with E-state index in [1.54, 1.807) is 6.07 Å². The van der Waals surface area contributed by atoms with E-state index in [9.17, 15) is 0 Å². The van der Waals surface area contributed by atoms with Gasteiger partial charge in [0.05, 0.1) is 34.8 Å². The van der Waals surface area contributed by atoms with Gasteiger partial charge in [-0.25, -0.2) is 9.97 Å². The molecule has 0 bridgehead atoms. The van der Waals surface area contributed by atoms with E-state index in [0.29, 0.717) is 27.7 Å². The first-order valence-corrected chi connectivity index (χ1v) is 6.96.